The Kier molecular flexibility index (Phi) is 13.0. The zero-order chi connectivity index (χ0) is 44.5. The monoisotopic (exact) mass is 888 g/mol. The van der Waals surface area contributed by atoms with E-state index in [4.69, 9.17) is 4.52 Å². The number of carbonyl (C=O) groups is 2. The number of aliphatic hydroxyl groups excluding tert-OH is 1. The molecule has 2 amide bonds. The van der Waals surface area contributed by atoms with E-state index in [-0.39, 0.29) is 42.5 Å². The molecule has 0 bridgehead atoms. The number of benzene rings is 2. The Hall–Kier alpha value is -5.42. The first-order valence-electron chi connectivity index (χ1n) is 22.9. The Bertz CT molecular complexity index is 2420. The molecule has 15 nitrogen and oxygen atoms in total. The molecule has 0 spiro atoms. The van der Waals surface area contributed by atoms with Crippen molar-refractivity contribution in [3.63, 3.8) is 0 Å². The molecule has 2 aromatic carbocycles. The van der Waals surface area contributed by atoms with E-state index < -0.39 is 18.1 Å². The molecule has 3 fully saturated rings. The summed E-state index contributed by atoms with van der Waals surface area (Å²) in [6, 6.07) is 19.1. The number of nitrogens with zero attached hydrogens (tertiary/aromatic N) is 8. The fourth-order valence-corrected chi connectivity index (χ4v) is 11.0. The zero-order valence-electron chi connectivity index (χ0n) is 37.2. The van der Waals surface area contributed by atoms with Crippen LogP contribution in [0.15, 0.2) is 70.7 Å². The van der Waals surface area contributed by atoms with E-state index in [1.165, 1.54) is 11.3 Å². The van der Waals surface area contributed by atoms with Crippen LogP contribution in [0.3, 0.4) is 0 Å². The number of fused-ring (bicyclic) bond motifs is 3. The molecule has 0 radical (unpaired) electrons. The van der Waals surface area contributed by atoms with Gasteiger partial charge in [0.1, 0.15) is 23.5 Å². The number of para-hydroxylation sites is 1. The van der Waals surface area contributed by atoms with Gasteiger partial charge in [-0.3, -0.25) is 14.5 Å². The summed E-state index contributed by atoms with van der Waals surface area (Å²) in [5, 5.41) is 41.1. The maximum absolute atomic E-state index is 14.3. The predicted molar refractivity (Wildman–Crippen MR) is 247 cm³/mol. The van der Waals surface area contributed by atoms with E-state index in [0.29, 0.717) is 29.1 Å². The lowest BCUT2D eigenvalue weighted by Gasteiger charge is -2.49. The molecular weight excluding hydrogens is 829 g/mol. The van der Waals surface area contributed by atoms with E-state index in [1.54, 1.807) is 17.4 Å². The quantitative estimate of drug-likeness (QED) is 0.111. The number of hydrogen-bond acceptors (Lipinski definition) is 14. The third-order valence-electron chi connectivity index (χ3n) is 13.6. The van der Waals surface area contributed by atoms with Crippen molar-refractivity contribution in [2.45, 2.75) is 96.0 Å². The molecule has 16 heteroatoms. The van der Waals surface area contributed by atoms with Crippen LogP contribution >= 0.6 is 11.3 Å². The first-order valence-corrected chi connectivity index (χ1v) is 23.8. The molecule has 64 heavy (non-hydrogen) atoms. The molecule has 1 unspecified atom stereocenters. The van der Waals surface area contributed by atoms with Gasteiger partial charge in [0.25, 0.3) is 0 Å². The molecule has 7 heterocycles. The van der Waals surface area contributed by atoms with Crippen LogP contribution < -0.4 is 15.5 Å². The highest BCUT2D eigenvalue weighted by molar-refractivity contribution is 7.13. The van der Waals surface area contributed by atoms with E-state index in [9.17, 15) is 19.8 Å². The molecule has 3 aromatic heterocycles. The number of phenols is 1. The molecule has 9 rings (SSSR count). The summed E-state index contributed by atoms with van der Waals surface area (Å²) < 4.78 is 5.88. The smallest absolute Gasteiger partial charge is 0.243 e. The number of hydrogen-bond donors (Lipinski definition) is 4. The van der Waals surface area contributed by atoms with Gasteiger partial charge in [-0.1, -0.05) is 55.4 Å². The molecular formula is C48H60N10O5S. The minimum absolute atomic E-state index is 0.0906. The van der Waals surface area contributed by atoms with Crippen LogP contribution in [0.25, 0.3) is 21.7 Å². The molecule has 5 aromatic rings. The van der Waals surface area contributed by atoms with E-state index in [1.807, 2.05) is 81.7 Å². The van der Waals surface area contributed by atoms with Crippen molar-refractivity contribution in [2.75, 3.05) is 62.6 Å². The fourth-order valence-electron chi connectivity index (χ4n) is 10.2. The lowest BCUT2D eigenvalue weighted by molar-refractivity contribution is -0.141. The number of aliphatic hydroxyl groups is 1. The van der Waals surface area contributed by atoms with E-state index >= 15 is 0 Å². The van der Waals surface area contributed by atoms with Crippen molar-refractivity contribution in [3.8, 4) is 27.4 Å². The van der Waals surface area contributed by atoms with Gasteiger partial charge < -0.3 is 40.1 Å². The number of aryl methyl sites for hydroxylation is 2. The second-order valence-corrected chi connectivity index (χ2v) is 19.2. The maximum Gasteiger partial charge on any atom is 0.243 e. The second-order valence-electron chi connectivity index (χ2n) is 18.4. The highest BCUT2D eigenvalue weighted by atomic mass is 32.1. The van der Waals surface area contributed by atoms with Crippen LogP contribution in [0.4, 0.5) is 11.5 Å². The first-order chi connectivity index (χ1) is 31.0. The molecule has 4 N–H and O–H groups in total. The van der Waals surface area contributed by atoms with Gasteiger partial charge in [-0.25, -0.2) is 4.98 Å². The van der Waals surface area contributed by atoms with Crippen LogP contribution in [0.2, 0.25) is 0 Å². The number of aromatic hydroxyl groups is 1. The Balaban J connectivity index is 0.768. The summed E-state index contributed by atoms with van der Waals surface area (Å²) in [6.07, 6.45) is 3.38. The summed E-state index contributed by atoms with van der Waals surface area (Å²) in [5.41, 5.74) is 8.08. The standard InChI is InChI=1S/C48H60N10O5S/c1-29(2)44(48(62)58-27-37(59)22-41(58)47(61)51-30(3)32-13-15-33(16-14-32)45-31(4)50-28-64-45)43-21-34(54-63-43)9-7-17-55-18-8-10-35(25-55)56-19-20-57-36(26-56)24-49-46-40(57)23-39(52-53-46)38-11-5-6-12-42(38)60/h5-6,11-16,21,23,28-30,35-37,41,44,59-60H,7-10,17-20,22,24-27H2,1-4H3,(H,49,53)(H,51,61)/t30-,35?,36-,37+,41-,44+/m0/s1. The number of thiazole rings is 1. The molecule has 0 saturated carbocycles. The number of piperazine rings is 1. The zero-order valence-corrected chi connectivity index (χ0v) is 38.0. The van der Waals surface area contributed by atoms with Gasteiger partial charge in [-0.2, -0.15) is 0 Å². The van der Waals surface area contributed by atoms with Crippen LogP contribution in [-0.4, -0.2) is 134 Å². The summed E-state index contributed by atoms with van der Waals surface area (Å²) in [7, 11) is 0. The number of likely N-dealkylation sites (tertiary alicyclic amines) is 2. The van der Waals surface area contributed by atoms with Gasteiger partial charge in [0.15, 0.2) is 5.82 Å². The lowest BCUT2D eigenvalue weighted by atomic mass is 9.91. The Labute approximate surface area is 378 Å². The normalized spacial score (nSPS) is 22.5. The summed E-state index contributed by atoms with van der Waals surface area (Å²) in [4.78, 5) is 42.8. The molecule has 4 aliphatic rings. The van der Waals surface area contributed by atoms with Gasteiger partial charge in [0.05, 0.1) is 51.3 Å². The van der Waals surface area contributed by atoms with Crippen molar-refractivity contribution < 1.29 is 24.3 Å². The summed E-state index contributed by atoms with van der Waals surface area (Å²) in [6.45, 7) is 14.7. The van der Waals surface area contributed by atoms with Gasteiger partial charge in [-0.05, 0) is 87.9 Å². The molecule has 0 aliphatic carbocycles. The third kappa shape index (κ3) is 9.23. The third-order valence-corrected chi connectivity index (χ3v) is 14.6. The van der Waals surface area contributed by atoms with Gasteiger partial charge >= 0.3 is 0 Å². The number of anilines is 2. The van der Waals surface area contributed by atoms with Gasteiger partial charge in [0, 0.05) is 63.4 Å². The van der Waals surface area contributed by atoms with Crippen molar-refractivity contribution in [3.05, 3.63) is 88.9 Å². The molecule has 3 saturated heterocycles. The Morgan fingerprint density at radius 3 is 2.61 bits per heavy atom. The number of aromatic nitrogens is 4. The maximum atomic E-state index is 14.3. The fraction of sp³-hybridized carbons (Fsp3) is 0.500. The van der Waals surface area contributed by atoms with Crippen molar-refractivity contribution >= 4 is 34.7 Å². The Morgan fingerprint density at radius 1 is 1.00 bits per heavy atom. The largest absolute Gasteiger partial charge is 0.507 e. The number of β-amino-alcohol motifs (C(OH)–C–C–N with tert-alkyl or cyclic N) is 1. The lowest BCUT2D eigenvalue weighted by Crippen LogP contribution is -2.61. The van der Waals surface area contributed by atoms with Crippen LogP contribution in [0, 0.1) is 12.8 Å². The number of amides is 2. The number of phenolic OH excluding ortho intramolecular Hbond substituents is 1. The van der Waals surface area contributed by atoms with Crippen LogP contribution in [0.5, 0.6) is 5.75 Å². The number of carbonyl (C=O) groups excluding carboxylic acids is 2. The average molecular weight is 889 g/mol. The Morgan fingerprint density at radius 2 is 1.83 bits per heavy atom. The van der Waals surface area contributed by atoms with Crippen LogP contribution in [-0.2, 0) is 16.0 Å². The number of nitrogens with one attached hydrogen (secondary N) is 2. The second kappa shape index (κ2) is 19.0. The highest BCUT2D eigenvalue weighted by Crippen LogP contribution is 2.37. The predicted octanol–water partition coefficient (Wildman–Crippen LogP) is 5.86. The molecule has 338 valence electrons. The van der Waals surface area contributed by atoms with Gasteiger partial charge in [-0.15, -0.1) is 21.5 Å². The highest BCUT2D eigenvalue weighted by Gasteiger charge is 2.44. The molecule has 4 aliphatic heterocycles. The van der Waals surface area contributed by atoms with Crippen LogP contribution in [0.1, 0.15) is 81.1 Å². The van der Waals surface area contributed by atoms with E-state index in [0.717, 1.165) is 104 Å². The average Bonchev–Trinajstić information content (AvgIpc) is 4.06. The minimum atomic E-state index is -0.795. The first kappa shape index (κ1) is 43.8. The number of rotatable bonds is 13. The SMILES string of the molecule is Cc1ncsc1-c1ccc([C@H](C)NC(=O)[C@@H]2C[C@@H](O)CN2C(=O)[C@@H](c2cc(CCCN3CCCC(N4CCN5c6cc(-c7ccccc7O)nnc6NC[C@H]5C4)C3)no2)C(C)C)cc1. The topological polar surface area (TPSA) is 176 Å². The van der Waals surface area contributed by atoms with Crippen molar-refractivity contribution in [2.24, 2.45) is 5.92 Å². The van der Waals surface area contributed by atoms with Crippen molar-refractivity contribution in [1.82, 2.24) is 40.4 Å². The molecule has 6 atom stereocenters. The number of piperidine rings is 1. The summed E-state index contributed by atoms with van der Waals surface area (Å²) in [5.74, 6) is 0.232. The minimum Gasteiger partial charge on any atom is -0.507 e. The van der Waals surface area contributed by atoms with E-state index in [2.05, 4.69) is 51.7 Å². The van der Waals surface area contributed by atoms with Gasteiger partial charge in [0.2, 0.25) is 11.8 Å². The van der Waals surface area contributed by atoms with Crippen molar-refractivity contribution in [1.29, 1.82) is 0 Å². The summed E-state index contributed by atoms with van der Waals surface area (Å²) >= 11 is 1.60.